The molecular formula is C15H18N2OS. The van der Waals surface area contributed by atoms with Gasteiger partial charge in [0.15, 0.2) is 0 Å². The zero-order valence-corrected chi connectivity index (χ0v) is 12.3. The van der Waals surface area contributed by atoms with Gasteiger partial charge >= 0.3 is 0 Å². The van der Waals surface area contributed by atoms with Crippen molar-refractivity contribution in [1.29, 1.82) is 0 Å². The quantitative estimate of drug-likeness (QED) is 0.684. The first-order valence-corrected chi connectivity index (χ1v) is 7.08. The molecule has 0 saturated heterocycles. The van der Waals surface area contributed by atoms with Crippen molar-refractivity contribution in [1.82, 2.24) is 4.98 Å². The van der Waals surface area contributed by atoms with Crippen molar-refractivity contribution in [3.8, 4) is 5.75 Å². The molecule has 0 atom stereocenters. The highest BCUT2D eigenvalue weighted by Gasteiger charge is 2.05. The first kappa shape index (κ1) is 13.7. The van der Waals surface area contributed by atoms with Crippen molar-refractivity contribution in [2.45, 2.75) is 24.5 Å². The number of nitrogens with two attached hydrogens (primary N) is 1. The van der Waals surface area contributed by atoms with Crippen molar-refractivity contribution in [3.63, 3.8) is 0 Å². The standard InChI is InChI=1S/C15H18N2OS/c1-10-5-4-6-14(15(10)16)19-9-12-8-13(18-3)7-11(2)17-12/h4-8H,9,16H2,1-3H3. The van der Waals surface area contributed by atoms with E-state index < -0.39 is 0 Å². The third kappa shape index (κ3) is 3.41. The number of pyridine rings is 1. The minimum atomic E-state index is 0.783. The second-order valence-corrected chi connectivity index (χ2v) is 5.43. The number of ether oxygens (including phenoxy) is 1. The number of thioether (sulfide) groups is 1. The van der Waals surface area contributed by atoms with Gasteiger partial charge in [0.2, 0.25) is 0 Å². The minimum absolute atomic E-state index is 0.783. The fourth-order valence-corrected chi connectivity index (χ4v) is 2.77. The smallest absolute Gasteiger partial charge is 0.122 e. The molecule has 100 valence electrons. The van der Waals surface area contributed by atoms with Gasteiger partial charge < -0.3 is 10.5 Å². The summed E-state index contributed by atoms with van der Waals surface area (Å²) in [6.07, 6.45) is 0. The third-order valence-electron chi connectivity index (χ3n) is 2.88. The number of aromatic nitrogens is 1. The Labute approximate surface area is 118 Å². The summed E-state index contributed by atoms with van der Waals surface area (Å²) in [5.74, 6) is 1.63. The Hall–Kier alpha value is -1.68. The normalized spacial score (nSPS) is 10.5. The van der Waals surface area contributed by atoms with E-state index >= 15 is 0 Å². The molecule has 2 aromatic rings. The Morgan fingerprint density at radius 1 is 1.26 bits per heavy atom. The average Bonchev–Trinajstić information content (AvgIpc) is 2.40. The van der Waals surface area contributed by atoms with E-state index in [9.17, 15) is 0 Å². The summed E-state index contributed by atoms with van der Waals surface area (Å²) in [7, 11) is 1.67. The summed E-state index contributed by atoms with van der Waals surface area (Å²) in [4.78, 5) is 5.61. The zero-order valence-electron chi connectivity index (χ0n) is 11.4. The first-order valence-electron chi connectivity index (χ1n) is 6.09. The molecule has 0 aliphatic carbocycles. The lowest BCUT2D eigenvalue weighted by atomic mass is 10.2. The Morgan fingerprint density at radius 2 is 2.05 bits per heavy atom. The van der Waals surface area contributed by atoms with Crippen LogP contribution >= 0.6 is 11.8 Å². The van der Waals surface area contributed by atoms with Gasteiger partial charge in [-0.25, -0.2) is 0 Å². The Kier molecular flexibility index (Phi) is 4.32. The minimum Gasteiger partial charge on any atom is -0.497 e. The van der Waals surface area contributed by atoms with Crippen molar-refractivity contribution < 1.29 is 4.74 Å². The fourth-order valence-electron chi connectivity index (χ4n) is 1.83. The summed E-state index contributed by atoms with van der Waals surface area (Å²) in [6.45, 7) is 3.99. The number of aryl methyl sites for hydroxylation is 2. The molecule has 0 bridgehead atoms. The van der Waals surface area contributed by atoms with Crippen molar-refractivity contribution >= 4 is 17.4 Å². The predicted molar refractivity (Wildman–Crippen MR) is 80.7 cm³/mol. The number of nitrogens with zero attached hydrogens (tertiary/aromatic N) is 1. The molecule has 0 aliphatic rings. The number of hydrogen-bond acceptors (Lipinski definition) is 4. The highest BCUT2D eigenvalue weighted by Crippen LogP contribution is 2.30. The van der Waals surface area contributed by atoms with Crippen LogP contribution in [-0.2, 0) is 5.75 Å². The molecule has 0 aliphatic heterocycles. The van der Waals surface area contributed by atoms with E-state index in [1.807, 2.05) is 44.2 Å². The largest absolute Gasteiger partial charge is 0.497 e. The van der Waals surface area contributed by atoms with Gasteiger partial charge in [-0.2, -0.15) is 0 Å². The molecule has 0 spiro atoms. The predicted octanol–water partition coefficient (Wildman–Crippen LogP) is 3.58. The van der Waals surface area contributed by atoms with E-state index in [0.29, 0.717) is 0 Å². The number of rotatable bonds is 4. The van der Waals surface area contributed by atoms with Crippen LogP contribution in [0.1, 0.15) is 17.0 Å². The highest BCUT2D eigenvalue weighted by atomic mass is 32.2. The van der Waals surface area contributed by atoms with Gasteiger partial charge in [-0.05, 0) is 25.5 Å². The highest BCUT2D eigenvalue weighted by molar-refractivity contribution is 7.98. The van der Waals surface area contributed by atoms with Crippen LogP contribution in [-0.4, -0.2) is 12.1 Å². The molecule has 3 nitrogen and oxygen atoms in total. The second-order valence-electron chi connectivity index (χ2n) is 4.42. The number of hydrogen-bond donors (Lipinski definition) is 1. The van der Waals surface area contributed by atoms with Crippen LogP contribution in [0, 0.1) is 13.8 Å². The van der Waals surface area contributed by atoms with E-state index in [2.05, 4.69) is 4.98 Å². The van der Waals surface area contributed by atoms with Crippen LogP contribution in [0.3, 0.4) is 0 Å². The average molecular weight is 274 g/mol. The van der Waals surface area contributed by atoms with Gasteiger partial charge in [0.1, 0.15) is 5.75 Å². The van der Waals surface area contributed by atoms with Gasteiger partial charge in [0.05, 0.1) is 12.8 Å². The van der Waals surface area contributed by atoms with E-state index in [0.717, 1.165) is 39.0 Å². The summed E-state index contributed by atoms with van der Waals surface area (Å²) >= 11 is 1.70. The van der Waals surface area contributed by atoms with Gasteiger partial charge in [0, 0.05) is 34.2 Å². The van der Waals surface area contributed by atoms with Gasteiger partial charge in [-0.3, -0.25) is 4.98 Å². The monoisotopic (exact) mass is 274 g/mol. The molecule has 0 radical (unpaired) electrons. The molecule has 0 amide bonds. The molecule has 19 heavy (non-hydrogen) atoms. The van der Waals surface area contributed by atoms with Crippen molar-refractivity contribution in [2.75, 3.05) is 12.8 Å². The van der Waals surface area contributed by atoms with Crippen LogP contribution in [0.15, 0.2) is 35.2 Å². The number of anilines is 1. The van der Waals surface area contributed by atoms with Gasteiger partial charge in [-0.15, -0.1) is 11.8 Å². The number of para-hydroxylation sites is 1. The first-order chi connectivity index (χ1) is 9.10. The Bertz CT molecular complexity index is 584. The van der Waals surface area contributed by atoms with Gasteiger partial charge in [0.25, 0.3) is 0 Å². The molecule has 2 N–H and O–H groups in total. The maximum absolute atomic E-state index is 6.07. The van der Waals surface area contributed by atoms with E-state index in [1.165, 1.54) is 0 Å². The lowest BCUT2D eigenvalue weighted by Gasteiger charge is -2.09. The Balaban J connectivity index is 2.14. The molecular weight excluding hydrogens is 256 g/mol. The second kappa shape index (κ2) is 5.97. The molecule has 4 heteroatoms. The molecule has 0 saturated carbocycles. The Morgan fingerprint density at radius 3 is 2.79 bits per heavy atom. The summed E-state index contributed by atoms with van der Waals surface area (Å²) in [5.41, 5.74) is 10.00. The maximum atomic E-state index is 6.07. The molecule has 0 unspecified atom stereocenters. The number of benzene rings is 1. The van der Waals surface area contributed by atoms with E-state index in [4.69, 9.17) is 10.5 Å². The maximum Gasteiger partial charge on any atom is 0.122 e. The van der Waals surface area contributed by atoms with Crippen molar-refractivity contribution in [3.05, 3.63) is 47.3 Å². The summed E-state index contributed by atoms with van der Waals surface area (Å²) in [5, 5.41) is 0. The zero-order chi connectivity index (χ0) is 13.8. The number of methoxy groups -OCH3 is 1. The van der Waals surface area contributed by atoms with Crippen LogP contribution in [0.5, 0.6) is 5.75 Å². The third-order valence-corrected chi connectivity index (χ3v) is 3.98. The topological polar surface area (TPSA) is 48.1 Å². The fraction of sp³-hybridized carbons (Fsp3) is 0.267. The van der Waals surface area contributed by atoms with Crippen LogP contribution in [0.25, 0.3) is 0 Å². The lowest BCUT2D eigenvalue weighted by Crippen LogP contribution is -1.95. The summed E-state index contributed by atoms with van der Waals surface area (Å²) in [6, 6.07) is 9.98. The van der Waals surface area contributed by atoms with Crippen LogP contribution in [0.2, 0.25) is 0 Å². The molecule has 1 aromatic carbocycles. The van der Waals surface area contributed by atoms with Crippen LogP contribution < -0.4 is 10.5 Å². The molecule has 1 heterocycles. The lowest BCUT2D eigenvalue weighted by molar-refractivity contribution is 0.413. The van der Waals surface area contributed by atoms with E-state index in [-0.39, 0.29) is 0 Å². The molecule has 0 fully saturated rings. The summed E-state index contributed by atoms with van der Waals surface area (Å²) < 4.78 is 5.26. The number of nitrogen functional groups attached to an aromatic ring is 1. The molecule has 1 aromatic heterocycles. The van der Waals surface area contributed by atoms with Gasteiger partial charge in [-0.1, -0.05) is 12.1 Å². The van der Waals surface area contributed by atoms with Crippen LogP contribution in [0.4, 0.5) is 5.69 Å². The van der Waals surface area contributed by atoms with Crippen molar-refractivity contribution in [2.24, 2.45) is 0 Å². The SMILES string of the molecule is COc1cc(C)nc(CSc2cccc(C)c2N)c1. The van der Waals surface area contributed by atoms with E-state index in [1.54, 1.807) is 18.9 Å². The molecule has 2 rings (SSSR count).